The number of amides is 1. The number of rotatable bonds is 5. The maximum Gasteiger partial charge on any atom is 0.227 e. The van der Waals surface area contributed by atoms with Crippen molar-refractivity contribution in [1.29, 1.82) is 0 Å². The van der Waals surface area contributed by atoms with E-state index in [4.69, 9.17) is 5.73 Å². The van der Waals surface area contributed by atoms with E-state index in [-0.39, 0.29) is 5.91 Å². The summed E-state index contributed by atoms with van der Waals surface area (Å²) in [5.41, 5.74) is 5.29. The summed E-state index contributed by atoms with van der Waals surface area (Å²) in [7, 11) is 0. The highest BCUT2D eigenvalue weighted by Gasteiger charge is 2.33. The van der Waals surface area contributed by atoms with Gasteiger partial charge in [-0.15, -0.1) is 0 Å². The van der Waals surface area contributed by atoms with Crippen LogP contribution in [0.15, 0.2) is 0 Å². The lowest BCUT2D eigenvalue weighted by atomic mass is 9.86. The van der Waals surface area contributed by atoms with Crippen LogP contribution < -0.4 is 11.1 Å². The fraction of sp³-hybridized carbons (Fsp3) is 0.917. The molecule has 94 valence electrons. The fourth-order valence-electron chi connectivity index (χ4n) is 2.04. The van der Waals surface area contributed by atoms with Gasteiger partial charge in [0, 0.05) is 17.8 Å². The lowest BCUT2D eigenvalue weighted by Crippen LogP contribution is -2.46. The van der Waals surface area contributed by atoms with Gasteiger partial charge in [0.15, 0.2) is 0 Å². The summed E-state index contributed by atoms with van der Waals surface area (Å²) in [5.74, 6) is 0.129. The number of nitrogens with one attached hydrogen (secondary N) is 1. The van der Waals surface area contributed by atoms with Gasteiger partial charge in [-0.3, -0.25) is 4.79 Å². The van der Waals surface area contributed by atoms with Crippen molar-refractivity contribution in [3.63, 3.8) is 0 Å². The number of carbonyl (C=O) groups is 1. The van der Waals surface area contributed by atoms with Gasteiger partial charge in [0.2, 0.25) is 5.91 Å². The highest BCUT2D eigenvalue weighted by atomic mass is 32.2. The standard InChI is InChI=1S/C12H24N2OS/c1-4-12(2,8-13)11(15)14-9-5-6-10(7-9)16-3/h9-10H,4-8,13H2,1-3H3,(H,14,15). The van der Waals surface area contributed by atoms with E-state index in [2.05, 4.69) is 11.6 Å². The molecule has 0 spiro atoms. The van der Waals surface area contributed by atoms with Gasteiger partial charge in [0.1, 0.15) is 0 Å². The van der Waals surface area contributed by atoms with Crippen LogP contribution in [0.5, 0.6) is 0 Å². The molecule has 0 saturated heterocycles. The molecule has 3 atom stereocenters. The van der Waals surface area contributed by atoms with Crippen molar-refractivity contribution in [2.75, 3.05) is 12.8 Å². The Balaban J connectivity index is 2.46. The molecule has 0 aromatic heterocycles. The molecule has 16 heavy (non-hydrogen) atoms. The number of carbonyl (C=O) groups excluding carboxylic acids is 1. The predicted octanol–water partition coefficient (Wildman–Crippen LogP) is 1.76. The summed E-state index contributed by atoms with van der Waals surface area (Å²) in [4.78, 5) is 12.1. The third-order valence-corrected chi connectivity index (χ3v) is 4.93. The summed E-state index contributed by atoms with van der Waals surface area (Å²) >= 11 is 1.91. The Hall–Kier alpha value is -0.220. The maximum atomic E-state index is 12.1. The second-order valence-corrected chi connectivity index (χ2v) is 6.10. The van der Waals surface area contributed by atoms with Crippen LogP contribution in [0.4, 0.5) is 0 Å². The molecule has 3 nitrogen and oxygen atoms in total. The Morgan fingerprint density at radius 1 is 1.56 bits per heavy atom. The Kier molecular flexibility index (Phi) is 5.12. The SMILES string of the molecule is CCC(C)(CN)C(=O)NC1CCC(SC)C1. The van der Waals surface area contributed by atoms with Crippen LogP contribution in [0.3, 0.4) is 0 Å². The van der Waals surface area contributed by atoms with Gasteiger partial charge in [-0.2, -0.15) is 11.8 Å². The average molecular weight is 244 g/mol. The molecule has 0 bridgehead atoms. The van der Waals surface area contributed by atoms with Crippen molar-refractivity contribution in [3.8, 4) is 0 Å². The highest BCUT2D eigenvalue weighted by molar-refractivity contribution is 7.99. The van der Waals surface area contributed by atoms with Gasteiger partial charge in [-0.05, 0) is 38.9 Å². The van der Waals surface area contributed by atoms with Crippen LogP contribution in [0.25, 0.3) is 0 Å². The normalized spacial score (nSPS) is 28.8. The lowest BCUT2D eigenvalue weighted by molar-refractivity contribution is -0.130. The van der Waals surface area contributed by atoms with Crippen LogP contribution >= 0.6 is 11.8 Å². The molecule has 1 saturated carbocycles. The van der Waals surface area contributed by atoms with Crippen LogP contribution in [0.2, 0.25) is 0 Å². The minimum atomic E-state index is -0.391. The van der Waals surface area contributed by atoms with Crippen molar-refractivity contribution >= 4 is 17.7 Å². The van der Waals surface area contributed by atoms with Gasteiger partial charge < -0.3 is 11.1 Å². The Bertz CT molecular complexity index is 241. The van der Waals surface area contributed by atoms with Gasteiger partial charge in [-0.1, -0.05) is 6.92 Å². The van der Waals surface area contributed by atoms with Gasteiger partial charge >= 0.3 is 0 Å². The molecule has 1 fully saturated rings. The van der Waals surface area contributed by atoms with Gasteiger partial charge in [0.05, 0.1) is 5.41 Å². The van der Waals surface area contributed by atoms with Crippen LogP contribution in [0.1, 0.15) is 39.5 Å². The highest BCUT2D eigenvalue weighted by Crippen LogP contribution is 2.29. The molecule has 1 aliphatic rings. The Morgan fingerprint density at radius 3 is 2.69 bits per heavy atom. The minimum Gasteiger partial charge on any atom is -0.353 e. The summed E-state index contributed by atoms with van der Waals surface area (Å²) < 4.78 is 0. The van der Waals surface area contributed by atoms with Crippen molar-refractivity contribution in [3.05, 3.63) is 0 Å². The first-order valence-corrected chi connectivity index (χ1v) is 7.38. The molecule has 1 aliphatic carbocycles. The third kappa shape index (κ3) is 3.14. The first kappa shape index (κ1) is 13.8. The topological polar surface area (TPSA) is 55.1 Å². The Labute approximate surface area is 103 Å². The molecule has 4 heteroatoms. The number of thioether (sulfide) groups is 1. The van der Waals surface area contributed by atoms with E-state index < -0.39 is 5.41 Å². The van der Waals surface area contributed by atoms with E-state index in [9.17, 15) is 4.79 Å². The van der Waals surface area contributed by atoms with Gasteiger partial charge in [0.25, 0.3) is 0 Å². The molecule has 0 aromatic carbocycles. The molecular formula is C12H24N2OS. The first-order valence-electron chi connectivity index (χ1n) is 6.09. The zero-order valence-electron chi connectivity index (χ0n) is 10.6. The van der Waals surface area contributed by atoms with E-state index in [1.54, 1.807) is 0 Å². The van der Waals surface area contributed by atoms with E-state index in [0.29, 0.717) is 12.6 Å². The number of nitrogens with two attached hydrogens (primary N) is 1. The molecule has 0 heterocycles. The zero-order chi connectivity index (χ0) is 12.2. The van der Waals surface area contributed by atoms with E-state index in [0.717, 1.165) is 24.5 Å². The molecule has 3 N–H and O–H groups in total. The Morgan fingerprint density at radius 2 is 2.25 bits per heavy atom. The summed E-state index contributed by atoms with van der Waals surface area (Å²) in [5, 5.41) is 3.87. The fourth-order valence-corrected chi connectivity index (χ4v) is 2.84. The van der Waals surface area contributed by atoms with Crippen molar-refractivity contribution in [2.45, 2.75) is 50.8 Å². The molecule has 1 amide bonds. The van der Waals surface area contributed by atoms with Crippen molar-refractivity contribution < 1.29 is 4.79 Å². The van der Waals surface area contributed by atoms with E-state index >= 15 is 0 Å². The van der Waals surface area contributed by atoms with Gasteiger partial charge in [-0.25, -0.2) is 0 Å². The molecule has 0 aromatic rings. The molecular weight excluding hydrogens is 220 g/mol. The van der Waals surface area contributed by atoms with Crippen molar-refractivity contribution in [1.82, 2.24) is 5.32 Å². The lowest BCUT2D eigenvalue weighted by Gasteiger charge is -2.27. The smallest absolute Gasteiger partial charge is 0.227 e. The predicted molar refractivity (Wildman–Crippen MR) is 70.5 cm³/mol. The van der Waals surface area contributed by atoms with Crippen molar-refractivity contribution in [2.24, 2.45) is 11.1 Å². The van der Waals surface area contributed by atoms with E-state index in [1.165, 1.54) is 6.42 Å². The first-order chi connectivity index (χ1) is 7.55. The second kappa shape index (κ2) is 5.92. The van der Waals surface area contributed by atoms with Crippen LogP contribution in [-0.2, 0) is 4.79 Å². The quantitative estimate of drug-likeness (QED) is 0.775. The summed E-state index contributed by atoms with van der Waals surface area (Å²) in [6.45, 7) is 4.39. The monoisotopic (exact) mass is 244 g/mol. The molecule has 1 rings (SSSR count). The molecule has 0 radical (unpaired) electrons. The average Bonchev–Trinajstić information content (AvgIpc) is 2.75. The van der Waals surface area contributed by atoms with Crippen LogP contribution in [-0.4, -0.2) is 30.0 Å². The number of hydrogen-bond donors (Lipinski definition) is 2. The second-order valence-electron chi connectivity index (χ2n) is 4.96. The zero-order valence-corrected chi connectivity index (χ0v) is 11.4. The third-order valence-electron chi connectivity index (χ3n) is 3.83. The molecule has 3 unspecified atom stereocenters. The maximum absolute atomic E-state index is 12.1. The van der Waals surface area contributed by atoms with Crippen LogP contribution in [0, 0.1) is 5.41 Å². The minimum absolute atomic E-state index is 0.129. The molecule has 0 aliphatic heterocycles. The largest absolute Gasteiger partial charge is 0.353 e. The van der Waals surface area contributed by atoms with E-state index in [1.807, 2.05) is 25.6 Å². The summed E-state index contributed by atoms with van der Waals surface area (Å²) in [6, 6.07) is 0.363. The summed E-state index contributed by atoms with van der Waals surface area (Å²) in [6.07, 6.45) is 6.38. The number of hydrogen-bond acceptors (Lipinski definition) is 3.